The predicted octanol–water partition coefficient (Wildman–Crippen LogP) is 2.59. The zero-order valence-corrected chi connectivity index (χ0v) is 14.2. The molecule has 0 fully saturated rings. The fraction of sp³-hybridized carbons (Fsp3) is 0.111. The highest BCUT2D eigenvalue weighted by Gasteiger charge is 2.24. The van der Waals surface area contributed by atoms with Gasteiger partial charge in [0.2, 0.25) is 11.0 Å². The Hall–Kier alpha value is -2.64. The standard InChI is InChI=1S/C18H16FN5S/c19-14-8-6-13(7-9-14)16-11-25-18-22-21-17(24(18)23-16)15(20)10-12-4-2-1-3-5-12/h1-9,11,15,23H,10,20H2/p+1/t15-/m0/s1. The average Bonchev–Trinajstić information content (AvgIpc) is 3.06. The second-order valence-corrected chi connectivity index (χ2v) is 6.67. The van der Waals surface area contributed by atoms with Crippen LogP contribution in [0.15, 0.2) is 65.2 Å². The zero-order valence-electron chi connectivity index (χ0n) is 13.4. The van der Waals surface area contributed by atoms with E-state index in [1.165, 1.54) is 29.5 Å². The largest absolute Gasteiger partial charge is 0.348 e. The normalized spacial score (nSPS) is 14.4. The smallest absolute Gasteiger partial charge is 0.214 e. The summed E-state index contributed by atoms with van der Waals surface area (Å²) < 4.78 is 15.0. The highest BCUT2D eigenvalue weighted by atomic mass is 32.2. The molecular formula is C18H17FN5S+. The Bertz CT molecular complexity index is 905. The maximum atomic E-state index is 13.1. The summed E-state index contributed by atoms with van der Waals surface area (Å²) in [6.07, 6.45) is 0.779. The summed E-state index contributed by atoms with van der Waals surface area (Å²) in [5.74, 6) is 0.526. The summed E-state index contributed by atoms with van der Waals surface area (Å²) in [4.78, 5) is 0. The van der Waals surface area contributed by atoms with E-state index in [4.69, 9.17) is 0 Å². The van der Waals surface area contributed by atoms with Crippen LogP contribution in [0.4, 0.5) is 4.39 Å². The maximum absolute atomic E-state index is 13.1. The third-order valence-electron chi connectivity index (χ3n) is 4.02. The minimum atomic E-state index is -0.251. The molecule has 1 atom stereocenters. The molecule has 1 aliphatic heterocycles. The lowest BCUT2D eigenvalue weighted by Gasteiger charge is -2.20. The van der Waals surface area contributed by atoms with Crippen LogP contribution >= 0.6 is 11.8 Å². The fourth-order valence-corrected chi connectivity index (χ4v) is 3.48. The summed E-state index contributed by atoms with van der Waals surface area (Å²) in [5, 5.41) is 11.3. The summed E-state index contributed by atoms with van der Waals surface area (Å²) in [7, 11) is 0. The van der Waals surface area contributed by atoms with E-state index in [1.54, 1.807) is 12.1 Å². The number of benzene rings is 2. The van der Waals surface area contributed by atoms with Gasteiger partial charge >= 0.3 is 0 Å². The molecule has 0 saturated heterocycles. The first-order chi connectivity index (χ1) is 12.2. The van der Waals surface area contributed by atoms with Gasteiger partial charge in [0.25, 0.3) is 0 Å². The van der Waals surface area contributed by atoms with Gasteiger partial charge in [-0.1, -0.05) is 42.1 Å². The van der Waals surface area contributed by atoms with Crippen LogP contribution < -0.4 is 11.2 Å². The summed E-state index contributed by atoms with van der Waals surface area (Å²) in [5.41, 5.74) is 10.6. The quantitative estimate of drug-likeness (QED) is 0.756. The third-order valence-corrected chi connectivity index (χ3v) is 4.85. The van der Waals surface area contributed by atoms with E-state index in [1.807, 2.05) is 28.3 Å². The molecule has 0 aliphatic carbocycles. The molecule has 4 N–H and O–H groups in total. The maximum Gasteiger partial charge on any atom is 0.214 e. The van der Waals surface area contributed by atoms with Gasteiger partial charge in [-0.2, -0.15) is 0 Å². The first kappa shape index (κ1) is 15.9. The predicted molar refractivity (Wildman–Crippen MR) is 95.4 cm³/mol. The van der Waals surface area contributed by atoms with Gasteiger partial charge in [0.05, 0.1) is 5.70 Å². The van der Waals surface area contributed by atoms with Gasteiger partial charge in [-0.25, -0.2) is 9.07 Å². The second-order valence-electron chi connectivity index (χ2n) is 5.83. The van der Waals surface area contributed by atoms with Crippen LogP contribution in [0.25, 0.3) is 5.70 Å². The molecule has 25 heavy (non-hydrogen) atoms. The number of hydrogen-bond donors (Lipinski definition) is 2. The van der Waals surface area contributed by atoms with Crippen molar-refractivity contribution in [1.29, 1.82) is 0 Å². The number of quaternary nitrogens is 1. The molecule has 1 aliphatic rings. The molecule has 0 saturated carbocycles. The van der Waals surface area contributed by atoms with Crippen molar-refractivity contribution in [3.63, 3.8) is 0 Å². The van der Waals surface area contributed by atoms with E-state index in [2.05, 4.69) is 33.5 Å². The van der Waals surface area contributed by atoms with E-state index in [0.717, 1.165) is 28.7 Å². The molecule has 2 aromatic carbocycles. The number of nitrogens with one attached hydrogen (secondary N) is 1. The minimum Gasteiger partial charge on any atom is -0.348 e. The summed E-state index contributed by atoms with van der Waals surface area (Å²) in [6.45, 7) is 0. The first-order valence-electron chi connectivity index (χ1n) is 7.93. The van der Waals surface area contributed by atoms with E-state index in [-0.39, 0.29) is 11.9 Å². The van der Waals surface area contributed by atoms with Crippen molar-refractivity contribution in [2.24, 2.45) is 0 Å². The van der Waals surface area contributed by atoms with Crippen molar-refractivity contribution in [3.05, 3.63) is 82.8 Å². The Balaban J connectivity index is 1.57. The first-order valence-corrected chi connectivity index (χ1v) is 8.81. The van der Waals surface area contributed by atoms with Gasteiger partial charge in [-0.3, -0.25) is 5.43 Å². The highest BCUT2D eigenvalue weighted by Crippen LogP contribution is 2.29. The Kier molecular flexibility index (Phi) is 4.25. The number of fused-ring (bicyclic) bond motifs is 1. The number of rotatable bonds is 4. The minimum absolute atomic E-state index is 0.0377. The van der Waals surface area contributed by atoms with Gasteiger partial charge in [0.1, 0.15) is 5.82 Å². The topological polar surface area (TPSA) is 70.4 Å². The van der Waals surface area contributed by atoms with Crippen LogP contribution in [-0.4, -0.2) is 14.9 Å². The average molecular weight is 354 g/mol. The molecule has 2 heterocycles. The van der Waals surface area contributed by atoms with E-state index in [0.29, 0.717) is 0 Å². The fourth-order valence-electron chi connectivity index (χ4n) is 2.74. The van der Waals surface area contributed by atoms with Gasteiger partial charge in [-0.15, -0.1) is 10.2 Å². The monoisotopic (exact) mass is 354 g/mol. The molecule has 0 unspecified atom stereocenters. The molecule has 0 radical (unpaired) electrons. The third kappa shape index (κ3) is 3.29. The Labute approximate surface area is 148 Å². The molecule has 4 rings (SSSR count). The Morgan fingerprint density at radius 1 is 1.08 bits per heavy atom. The van der Waals surface area contributed by atoms with Crippen molar-refractivity contribution < 1.29 is 10.1 Å². The zero-order chi connectivity index (χ0) is 17.2. The molecule has 0 bridgehead atoms. The van der Waals surface area contributed by atoms with Crippen molar-refractivity contribution in [3.8, 4) is 0 Å². The van der Waals surface area contributed by atoms with Crippen LogP contribution in [-0.2, 0) is 6.42 Å². The van der Waals surface area contributed by atoms with Gasteiger partial charge in [0.15, 0.2) is 6.04 Å². The molecular weight excluding hydrogens is 337 g/mol. The Morgan fingerprint density at radius 3 is 2.60 bits per heavy atom. The summed E-state index contributed by atoms with van der Waals surface area (Å²) in [6, 6.07) is 16.5. The van der Waals surface area contributed by atoms with E-state index >= 15 is 0 Å². The highest BCUT2D eigenvalue weighted by molar-refractivity contribution is 8.02. The van der Waals surface area contributed by atoms with Crippen molar-refractivity contribution in [1.82, 2.24) is 14.9 Å². The van der Waals surface area contributed by atoms with Crippen molar-refractivity contribution >= 4 is 17.5 Å². The van der Waals surface area contributed by atoms with Crippen LogP contribution in [0.1, 0.15) is 23.0 Å². The number of halogens is 1. The molecule has 5 nitrogen and oxygen atoms in total. The molecule has 3 aromatic rings. The van der Waals surface area contributed by atoms with E-state index in [9.17, 15) is 4.39 Å². The molecule has 126 valence electrons. The lowest BCUT2D eigenvalue weighted by Crippen LogP contribution is -2.56. The lowest BCUT2D eigenvalue weighted by atomic mass is 10.1. The van der Waals surface area contributed by atoms with Gasteiger partial charge in [0, 0.05) is 17.4 Å². The van der Waals surface area contributed by atoms with E-state index < -0.39 is 0 Å². The molecule has 0 spiro atoms. The van der Waals surface area contributed by atoms with Crippen LogP contribution in [0.2, 0.25) is 0 Å². The van der Waals surface area contributed by atoms with Crippen LogP contribution in [0.3, 0.4) is 0 Å². The number of hydrogen-bond acceptors (Lipinski definition) is 4. The number of thioether (sulfide) groups is 1. The van der Waals surface area contributed by atoms with Crippen LogP contribution in [0.5, 0.6) is 0 Å². The van der Waals surface area contributed by atoms with Crippen molar-refractivity contribution in [2.45, 2.75) is 17.6 Å². The SMILES string of the molecule is [NH3+][C@@H](Cc1ccccc1)c1nnc2n1NC(c1ccc(F)cc1)=CS2. The molecule has 1 aromatic heterocycles. The molecule has 0 amide bonds. The number of aromatic nitrogens is 3. The van der Waals surface area contributed by atoms with Crippen LogP contribution in [0, 0.1) is 5.82 Å². The van der Waals surface area contributed by atoms with Gasteiger partial charge in [-0.05, 0) is 29.8 Å². The Morgan fingerprint density at radius 2 is 1.84 bits per heavy atom. The number of nitrogens with zero attached hydrogens (tertiary/aromatic N) is 3. The second kappa shape index (κ2) is 6.70. The molecule has 7 heteroatoms. The van der Waals surface area contributed by atoms with Gasteiger partial charge < -0.3 is 5.73 Å². The summed E-state index contributed by atoms with van der Waals surface area (Å²) >= 11 is 1.48. The van der Waals surface area contributed by atoms with Crippen molar-refractivity contribution in [2.75, 3.05) is 5.43 Å². The lowest BCUT2D eigenvalue weighted by molar-refractivity contribution is -0.428.